The topological polar surface area (TPSA) is 89.5 Å². The molecule has 0 saturated carbocycles. The number of carbonyl (C=O) groups excluding carboxylic acids is 1. The fourth-order valence-corrected chi connectivity index (χ4v) is 1.02. The number of rotatable bonds is 3. The van der Waals surface area contributed by atoms with Crippen LogP contribution in [0.5, 0.6) is 0 Å². The summed E-state index contributed by atoms with van der Waals surface area (Å²) in [6.45, 7) is -0.214. The van der Waals surface area contributed by atoms with Gasteiger partial charge in [-0.05, 0) is 5.56 Å². The van der Waals surface area contributed by atoms with Gasteiger partial charge in [-0.2, -0.15) is 0 Å². The predicted molar refractivity (Wildman–Crippen MR) is 44.2 cm³/mol. The van der Waals surface area contributed by atoms with Crippen molar-refractivity contribution in [1.29, 1.82) is 0 Å². The number of benzene rings is 1. The maximum atomic E-state index is 10.5. The Morgan fingerprint density at radius 3 is 2.12 bits per heavy atom. The van der Waals surface area contributed by atoms with Gasteiger partial charge in [-0.3, -0.25) is 0 Å². The van der Waals surface area contributed by atoms with Gasteiger partial charge in [0, 0.05) is 7.60 Å². The van der Waals surface area contributed by atoms with Crippen LogP contribution in [0, 0.1) is 0 Å². The molecule has 0 amide bonds. The van der Waals surface area contributed by atoms with Gasteiger partial charge in [-0.25, -0.2) is 4.79 Å². The Morgan fingerprint density at radius 2 is 1.69 bits per heavy atom. The average Bonchev–Trinajstić information content (AvgIpc) is 2.14. The second kappa shape index (κ2) is 8.86. The van der Waals surface area contributed by atoms with Gasteiger partial charge >= 0.3 is 64.8 Å². The normalized spacial score (nSPS) is 9.62. The van der Waals surface area contributed by atoms with Crippen LogP contribution in [0.25, 0.3) is 0 Å². The van der Waals surface area contributed by atoms with Crippen molar-refractivity contribution in [3.8, 4) is 0 Å². The fourth-order valence-electron chi connectivity index (χ4n) is 0.798. The van der Waals surface area contributed by atoms with Gasteiger partial charge in [-0.15, -0.1) is 0 Å². The van der Waals surface area contributed by atoms with Gasteiger partial charge in [0.25, 0.3) is 0 Å². The second-order valence-electron chi connectivity index (χ2n) is 2.54. The Hall–Kier alpha value is 0.840. The molecule has 16 heavy (non-hydrogen) atoms. The summed E-state index contributed by atoms with van der Waals surface area (Å²) in [6, 6.07) is 8.47. The number of carbonyl (C=O) groups is 1. The first kappa shape index (κ1) is 19.2. The van der Waals surface area contributed by atoms with Crippen LogP contribution < -0.4 is 68.9 Å². The minimum Gasteiger partial charge on any atom is -0.803 e. The van der Waals surface area contributed by atoms with Crippen molar-refractivity contribution in [2.24, 2.45) is 0 Å². The Kier molecular flexibility index (Phi) is 10.6. The molecule has 76 valence electrons. The number of hydrogen-bond donors (Lipinski definition) is 0. The monoisotopic (exact) mass is 260 g/mol. The molecule has 0 saturated heterocycles. The van der Waals surface area contributed by atoms with Gasteiger partial charge in [0.1, 0.15) is 6.61 Å². The Balaban J connectivity index is 0. The summed E-state index contributed by atoms with van der Waals surface area (Å²) in [5.41, 5.74) is -1.10. The molecule has 0 heterocycles. The molecule has 5 nitrogen and oxygen atoms in total. The smallest absolute Gasteiger partial charge is 0.803 e. The molecule has 0 aromatic heterocycles. The largest absolute Gasteiger partial charge is 1.00 e. The maximum absolute atomic E-state index is 10.5. The van der Waals surface area contributed by atoms with Crippen LogP contribution in [0.3, 0.4) is 0 Å². The van der Waals surface area contributed by atoms with Crippen molar-refractivity contribution < 1.29 is 83.0 Å². The van der Waals surface area contributed by atoms with Crippen molar-refractivity contribution in [1.82, 2.24) is 0 Å². The fraction of sp³-hybridized carbons (Fsp3) is 0.125. The molecule has 1 aromatic rings. The molecule has 0 fully saturated rings. The zero-order valence-corrected chi connectivity index (χ0v) is 14.0. The van der Waals surface area contributed by atoms with Crippen LogP contribution in [0.1, 0.15) is 5.56 Å². The van der Waals surface area contributed by atoms with Gasteiger partial charge in [0.05, 0.1) is 0 Å². The summed E-state index contributed by atoms with van der Waals surface area (Å²) in [5, 5.41) is 0. The van der Waals surface area contributed by atoms with Crippen LogP contribution in [0.2, 0.25) is 0 Å². The molecule has 0 unspecified atom stereocenters. The number of ether oxygens (including phenoxy) is 1. The molecule has 0 atom stereocenters. The van der Waals surface area contributed by atoms with Gasteiger partial charge in [-0.1, -0.05) is 30.3 Å². The minimum atomic E-state index is -5.25. The average molecular weight is 260 g/mol. The summed E-state index contributed by atoms with van der Waals surface area (Å²) in [6.07, 6.45) is 0. The third kappa shape index (κ3) is 7.22. The van der Waals surface area contributed by atoms with E-state index in [0.29, 0.717) is 5.56 Å². The second-order valence-corrected chi connectivity index (χ2v) is 3.90. The molecule has 8 heteroatoms. The minimum absolute atomic E-state index is 0. The van der Waals surface area contributed by atoms with E-state index in [0.717, 1.165) is 0 Å². The Bertz CT molecular complexity index is 364. The maximum Gasteiger partial charge on any atom is 1.00 e. The molecule has 0 aliphatic heterocycles. The van der Waals surface area contributed by atoms with E-state index in [1.165, 1.54) is 0 Å². The molecule has 0 aliphatic carbocycles. The van der Waals surface area contributed by atoms with Gasteiger partial charge in [0.2, 0.25) is 0 Å². The van der Waals surface area contributed by atoms with E-state index in [1.54, 1.807) is 30.3 Å². The van der Waals surface area contributed by atoms with Gasteiger partial charge in [0.15, 0.2) is 0 Å². The quantitative estimate of drug-likeness (QED) is 0.399. The first-order chi connectivity index (χ1) is 6.50. The van der Waals surface area contributed by atoms with E-state index in [9.17, 15) is 19.1 Å². The first-order valence-electron chi connectivity index (χ1n) is 3.73. The molecule has 0 spiro atoms. The molecule has 0 bridgehead atoms. The van der Waals surface area contributed by atoms with Crippen molar-refractivity contribution in [2.45, 2.75) is 6.61 Å². The summed E-state index contributed by atoms with van der Waals surface area (Å²) in [4.78, 5) is 30.8. The zero-order chi connectivity index (χ0) is 10.6. The van der Waals surface area contributed by atoms with Crippen LogP contribution in [0.4, 0.5) is 4.79 Å². The first-order valence-corrected chi connectivity index (χ1v) is 5.28. The summed E-state index contributed by atoms with van der Waals surface area (Å²) >= 11 is 0. The Labute approximate surface area is 137 Å². The molecular formula is C8H7Na2O5P. The molecule has 0 radical (unpaired) electrons. The molecular weight excluding hydrogens is 253 g/mol. The van der Waals surface area contributed by atoms with Crippen LogP contribution >= 0.6 is 7.60 Å². The van der Waals surface area contributed by atoms with E-state index in [-0.39, 0.29) is 65.7 Å². The molecule has 1 rings (SSSR count). The van der Waals surface area contributed by atoms with Crippen LogP contribution in [0.15, 0.2) is 30.3 Å². The molecule has 1 aromatic carbocycles. The Morgan fingerprint density at radius 1 is 1.19 bits per heavy atom. The van der Waals surface area contributed by atoms with E-state index in [1.807, 2.05) is 0 Å². The van der Waals surface area contributed by atoms with Crippen molar-refractivity contribution >= 4 is 13.3 Å². The van der Waals surface area contributed by atoms with Crippen molar-refractivity contribution in [2.75, 3.05) is 0 Å². The summed E-state index contributed by atoms with van der Waals surface area (Å²) in [5.74, 6) is 0. The standard InChI is InChI=1S/C8H9O5P.2Na/c9-8(14(10,11)12)13-6-7-4-2-1-3-5-7;;/h1-5H,6H2,(H2,10,11,12);;/q;2*+1/p-2. The third-order valence-corrected chi connectivity index (χ3v) is 2.01. The van der Waals surface area contributed by atoms with E-state index in [4.69, 9.17) is 0 Å². The van der Waals surface area contributed by atoms with Crippen LogP contribution in [-0.4, -0.2) is 5.71 Å². The summed E-state index contributed by atoms with van der Waals surface area (Å²) in [7, 11) is -5.25. The van der Waals surface area contributed by atoms with Crippen LogP contribution in [-0.2, 0) is 15.9 Å². The summed E-state index contributed by atoms with van der Waals surface area (Å²) < 4.78 is 14.4. The molecule has 0 aliphatic rings. The zero-order valence-electron chi connectivity index (χ0n) is 9.08. The molecule has 0 N–H and O–H groups in total. The predicted octanol–water partition coefficient (Wildman–Crippen LogP) is -5.76. The van der Waals surface area contributed by atoms with E-state index < -0.39 is 13.3 Å². The number of hydrogen-bond acceptors (Lipinski definition) is 5. The van der Waals surface area contributed by atoms with E-state index in [2.05, 4.69) is 4.74 Å². The third-order valence-electron chi connectivity index (χ3n) is 1.43. The SMILES string of the molecule is O=C(OCc1ccccc1)P(=O)([O-])[O-].[Na+].[Na+]. The van der Waals surface area contributed by atoms with Crippen molar-refractivity contribution in [3.05, 3.63) is 35.9 Å². The van der Waals surface area contributed by atoms with Crippen molar-refractivity contribution in [3.63, 3.8) is 0 Å². The van der Waals surface area contributed by atoms with E-state index >= 15 is 0 Å². The van der Waals surface area contributed by atoms with Gasteiger partial charge < -0.3 is 19.1 Å².